The van der Waals surface area contributed by atoms with Gasteiger partial charge in [-0.2, -0.15) is 0 Å². The van der Waals surface area contributed by atoms with Crippen molar-refractivity contribution in [3.05, 3.63) is 64.1 Å². The maximum Gasteiger partial charge on any atom is 0.410 e. The van der Waals surface area contributed by atoms with Crippen molar-refractivity contribution >= 4 is 22.0 Å². The molecule has 6 heteroatoms. The Balaban J connectivity index is 1.76. The van der Waals surface area contributed by atoms with Gasteiger partial charge >= 0.3 is 6.09 Å². The maximum absolute atomic E-state index is 12.6. The van der Waals surface area contributed by atoms with Gasteiger partial charge in [0.25, 0.3) is 0 Å². The Morgan fingerprint density at radius 1 is 1.24 bits per heavy atom. The average Bonchev–Trinajstić information content (AvgIpc) is 2.60. The first-order valence-corrected chi connectivity index (χ1v) is 8.97. The third-order valence-electron chi connectivity index (χ3n) is 4.37. The molecular weight excluding hydrogens is 386 g/mol. The Hall–Kier alpha value is -2.05. The number of phenols is 1. The highest BCUT2D eigenvalue weighted by molar-refractivity contribution is 9.10. The number of aliphatic hydroxyl groups is 1. The molecular formula is C19H20BrNO4. The van der Waals surface area contributed by atoms with Crippen molar-refractivity contribution in [1.82, 2.24) is 4.90 Å². The molecule has 2 N–H and O–H groups in total. The first-order chi connectivity index (χ1) is 12.0. The van der Waals surface area contributed by atoms with Gasteiger partial charge in [0, 0.05) is 16.6 Å². The van der Waals surface area contributed by atoms with Crippen LogP contribution in [0.2, 0.25) is 0 Å². The molecule has 1 aliphatic heterocycles. The van der Waals surface area contributed by atoms with Crippen LogP contribution in [0, 0.1) is 0 Å². The molecule has 3 rings (SSSR count). The fourth-order valence-corrected chi connectivity index (χ4v) is 3.41. The fraction of sp³-hybridized carbons (Fsp3) is 0.316. The second-order valence-corrected chi connectivity index (χ2v) is 7.05. The molecule has 0 aromatic heterocycles. The number of aliphatic hydroxyl groups excluding tert-OH is 1. The topological polar surface area (TPSA) is 70.0 Å². The molecule has 1 saturated heterocycles. The molecule has 0 aliphatic carbocycles. The lowest BCUT2D eigenvalue weighted by Crippen LogP contribution is -2.42. The minimum absolute atomic E-state index is 0.0920. The van der Waals surface area contributed by atoms with Crippen LogP contribution in [0.5, 0.6) is 5.75 Å². The monoisotopic (exact) mass is 405 g/mol. The molecule has 0 saturated carbocycles. The van der Waals surface area contributed by atoms with E-state index in [0.717, 1.165) is 10.0 Å². The van der Waals surface area contributed by atoms with Crippen LogP contribution in [0.15, 0.2) is 53.0 Å². The summed E-state index contributed by atoms with van der Waals surface area (Å²) >= 11 is 3.31. The number of ether oxygens (including phenoxy) is 1. The van der Waals surface area contributed by atoms with Crippen molar-refractivity contribution in [3.63, 3.8) is 0 Å². The number of phenolic OH excluding ortho intramolecular Hbond substituents is 1. The zero-order valence-corrected chi connectivity index (χ0v) is 15.2. The third-order valence-corrected chi connectivity index (χ3v) is 4.86. The van der Waals surface area contributed by atoms with Gasteiger partial charge in [-0.15, -0.1) is 0 Å². The van der Waals surface area contributed by atoms with Crippen molar-refractivity contribution in [2.24, 2.45) is 0 Å². The Bertz CT molecular complexity index is 737. The van der Waals surface area contributed by atoms with Gasteiger partial charge in [-0.1, -0.05) is 52.3 Å². The zero-order chi connectivity index (χ0) is 17.8. The van der Waals surface area contributed by atoms with Crippen LogP contribution in [0.1, 0.15) is 30.0 Å². The molecule has 5 nitrogen and oxygen atoms in total. The number of nitrogens with zero attached hydrogens (tertiary/aromatic N) is 1. The average molecular weight is 406 g/mol. The number of carbonyl (C=O) groups is 1. The Kier molecular flexibility index (Phi) is 5.60. The van der Waals surface area contributed by atoms with Crippen molar-refractivity contribution < 1.29 is 19.7 Å². The van der Waals surface area contributed by atoms with Gasteiger partial charge in [-0.05, 0) is 30.5 Å². The highest BCUT2D eigenvalue weighted by Gasteiger charge is 2.34. The molecule has 132 valence electrons. The molecule has 0 bridgehead atoms. The molecule has 2 aromatic carbocycles. The molecule has 0 spiro atoms. The van der Waals surface area contributed by atoms with E-state index in [2.05, 4.69) is 15.9 Å². The Morgan fingerprint density at radius 3 is 2.72 bits per heavy atom. The zero-order valence-electron chi connectivity index (χ0n) is 13.6. The van der Waals surface area contributed by atoms with Crippen LogP contribution in [0.25, 0.3) is 0 Å². The summed E-state index contributed by atoms with van der Waals surface area (Å²) in [6.45, 7) is 0.576. The standard InChI is InChI=1S/C19H20BrNO4/c20-14-6-7-16(18(23)10-14)17-11-15(22)8-9-21(17)19(24)25-12-13-4-2-1-3-5-13/h1-7,10,15,17,22-23H,8-9,11-12H2/t15-,17-/m0/s1. The van der Waals surface area contributed by atoms with Crippen LogP contribution in [0.3, 0.4) is 0 Å². The number of hydrogen-bond donors (Lipinski definition) is 2. The molecule has 2 aromatic rings. The summed E-state index contributed by atoms with van der Waals surface area (Å²) in [4.78, 5) is 14.2. The molecule has 1 amide bonds. The van der Waals surface area contributed by atoms with Crippen molar-refractivity contribution in [3.8, 4) is 5.75 Å². The van der Waals surface area contributed by atoms with E-state index in [1.54, 1.807) is 17.0 Å². The number of carbonyl (C=O) groups excluding carboxylic acids is 1. The fourth-order valence-electron chi connectivity index (χ4n) is 3.06. The summed E-state index contributed by atoms with van der Waals surface area (Å²) in [7, 11) is 0. The lowest BCUT2D eigenvalue weighted by molar-refractivity contribution is 0.0254. The number of likely N-dealkylation sites (tertiary alicyclic amines) is 1. The van der Waals surface area contributed by atoms with Gasteiger partial charge in [-0.3, -0.25) is 0 Å². The van der Waals surface area contributed by atoms with E-state index in [4.69, 9.17) is 4.74 Å². The quantitative estimate of drug-likeness (QED) is 0.809. The van der Waals surface area contributed by atoms with E-state index in [1.165, 1.54) is 0 Å². The first kappa shape index (κ1) is 17.8. The second kappa shape index (κ2) is 7.89. The largest absolute Gasteiger partial charge is 0.508 e. The number of piperidine rings is 1. The van der Waals surface area contributed by atoms with Crippen molar-refractivity contribution in [2.75, 3.05) is 6.54 Å². The minimum atomic E-state index is -0.508. The van der Waals surface area contributed by atoms with Crippen LogP contribution in [0.4, 0.5) is 4.79 Å². The number of halogens is 1. The van der Waals surface area contributed by atoms with Gasteiger partial charge in [0.15, 0.2) is 0 Å². The number of aromatic hydroxyl groups is 1. The van der Waals surface area contributed by atoms with Crippen molar-refractivity contribution in [2.45, 2.75) is 31.6 Å². The van der Waals surface area contributed by atoms with Crippen molar-refractivity contribution in [1.29, 1.82) is 0 Å². The van der Waals surface area contributed by atoms with Gasteiger partial charge in [0.1, 0.15) is 12.4 Å². The van der Waals surface area contributed by atoms with E-state index in [0.29, 0.717) is 24.9 Å². The number of hydrogen-bond acceptors (Lipinski definition) is 4. The summed E-state index contributed by atoms with van der Waals surface area (Å²) in [5.41, 5.74) is 1.52. The van der Waals surface area contributed by atoms with E-state index in [1.807, 2.05) is 36.4 Å². The van der Waals surface area contributed by atoms with Crippen LogP contribution >= 0.6 is 15.9 Å². The lowest BCUT2D eigenvalue weighted by Gasteiger charge is -2.37. The lowest BCUT2D eigenvalue weighted by atomic mass is 9.93. The highest BCUT2D eigenvalue weighted by atomic mass is 79.9. The SMILES string of the molecule is O=C(OCc1ccccc1)N1CC[C@H](O)C[C@H]1c1ccc(Br)cc1O. The van der Waals surface area contributed by atoms with Crippen LogP contribution in [-0.4, -0.2) is 33.9 Å². The molecule has 1 heterocycles. The molecule has 0 unspecified atom stereocenters. The summed E-state index contributed by atoms with van der Waals surface area (Å²) in [6, 6.07) is 14.2. The van der Waals surface area contributed by atoms with E-state index < -0.39 is 18.2 Å². The van der Waals surface area contributed by atoms with Gasteiger partial charge < -0.3 is 19.8 Å². The molecule has 1 fully saturated rings. The summed E-state index contributed by atoms with van der Waals surface area (Å²) in [5, 5.41) is 20.3. The normalized spacial score (nSPS) is 20.3. The third kappa shape index (κ3) is 4.32. The first-order valence-electron chi connectivity index (χ1n) is 8.18. The van der Waals surface area contributed by atoms with Crippen LogP contribution < -0.4 is 0 Å². The Morgan fingerprint density at radius 2 is 2.00 bits per heavy atom. The van der Waals surface area contributed by atoms with E-state index in [9.17, 15) is 15.0 Å². The second-order valence-electron chi connectivity index (χ2n) is 6.13. The number of rotatable bonds is 3. The van der Waals surface area contributed by atoms with Gasteiger partial charge in [-0.25, -0.2) is 4.79 Å². The molecule has 25 heavy (non-hydrogen) atoms. The highest BCUT2D eigenvalue weighted by Crippen LogP contribution is 2.37. The smallest absolute Gasteiger partial charge is 0.410 e. The van der Waals surface area contributed by atoms with Crippen LogP contribution in [-0.2, 0) is 11.3 Å². The van der Waals surface area contributed by atoms with E-state index >= 15 is 0 Å². The Labute approximate surface area is 155 Å². The molecule has 0 radical (unpaired) electrons. The van der Waals surface area contributed by atoms with Gasteiger partial charge in [0.05, 0.1) is 12.1 Å². The minimum Gasteiger partial charge on any atom is -0.508 e. The predicted octanol–water partition coefficient (Wildman–Crippen LogP) is 3.99. The maximum atomic E-state index is 12.6. The van der Waals surface area contributed by atoms with Gasteiger partial charge in [0.2, 0.25) is 0 Å². The summed E-state index contributed by atoms with van der Waals surface area (Å²) in [5.74, 6) is 0.0920. The number of benzene rings is 2. The number of amides is 1. The summed E-state index contributed by atoms with van der Waals surface area (Å²) in [6.07, 6.45) is -0.0848. The predicted molar refractivity (Wildman–Crippen MR) is 97.1 cm³/mol. The van der Waals surface area contributed by atoms with E-state index in [-0.39, 0.29) is 12.4 Å². The molecule has 1 aliphatic rings. The summed E-state index contributed by atoms with van der Waals surface area (Å²) < 4.78 is 6.19. The molecule has 2 atom stereocenters.